The summed E-state index contributed by atoms with van der Waals surface area (Å²) < 4.78 is 0. The Morgan fingerprint density at radius 2 is 1.42 bits per heavy atom. The van der Waals surface area contributed by atoms with Gasteiger partial charge < -0.3 is 10.0 Å². The topological polar surface area (TPSA) is 60.9 Å². The second kappa shape index (κ2) is 8.15. The van der Waals surface area contributed by atoms with Crippen molar-refractivity contribution in [3.05, 3.63) is 0 Å². The van der Waals surface area contributed by atoms with Gasteiger partial charge in [0.1, 0.15) is 0 Å². The summed E-state index contributed by atoms with van der Waals surface area (Å²) in [7, 11) is 0. The van der Waals surface area contributed by atoms with Gasteiger partial charge in [-0.05, 0) is 41.5 Å². The third-order valence-electron chi connectivity index (χ3n) is 3.08. The van der Waals surface area contributed by atoms with Crippen molar-refractivity contribution in [2.75, 3.05) is 13.1 Å². The molecule has 1 N–H and O–H groups in total. The monoisotopic (exact) mass is 272 g/mol. The first-order valence-electron chi connectivity index (χ1n) is 6.93. The number of hydrogen-bond acceptors (Lipinski definition) is 3. The lowest BCUT2D eigenvalue weighted by Gasteiger charge is -2.34. The average Bonchev–Trinajstić information content (AvgIpc) is 2.22. The number of aliphatic carboxylic acids is 1. The molecule has 1 amide bonds. The van der Waals surface area contributed by atoms with Gasteiger partial charge in [0.15, 0.2) is 0 Å². The molecule has 5 nitrogen and oxygen atoms in total. The Balaban J connectivity index is 4.65. The number of rotatable bonds is 8. The fourth-order valence-electron chi connectivity index (χ4n) is 2.19. The van der Waals surface area contributed by atoms with Gasteiger partial charge in [0.25, 0.3) is 0 Å². The van der Waals surface area contributed by atoms with Gasteiger partial charge in [0.2, 0.25) is 5.91 Å². The predicted molar refractivity (Wildman–Crippen MR) is 76.1 cm³/mol. The van der Waals surface area contributed by atoms with Crippen molar-refractivity contribution in [1.82, 2.24) is 9.80 Å². The van der Waals surface area contributed by atoms with Gasteiger partial charge >= 0.3 is 5.97 Å². The molecular weight excluding hydrogens is 244 g/mol. The Kier molecular flexibility index (Phi) is 7.68. The molecule has 0 spiro atoms. The van der Waals surface area contributed by atoms with Crippen molar-refractivity contribution in [3.63, 3.8) is 0 Å². The molecule has 0 aromatic carbocycles. The van der Waals surface area contributed by atoms with Gasteiger partial charge in [-0.25, -0.2) is 0 Å². The van der Waals surface area contributed by atoms with E-state index in [1.165, 1.54) is 0 Å². The lowest BCUT2D eigenvalue weighted by molar-refractivity contribution is -0.140. The molecule has 19 heavy (non-hydrogen) atoms. The molecule has 0 saturated heterocycles. The Hall–Kier alpha value is -1.10. The number of amides is 1. The SMILES string of the molecule is CC(C)N(CCC(=O)O)CC(=O)N(C(C)C)C(C)C. The number of nitrogens with zero attached hydrogens (tertiary/aromatic N) is 2. The van der Waals surface area contributed by atoms with E-state index in [0.29, 0.717) is 6.54 Å². The summed E-state index contributed by atoms with van der Waals surface area (Å²) in [4.78, 5) is 26.7. The molecule has 0 aliphatic heterocycles. The Bertz CT molecular complexity index is 293. The molecule has 0 unspecified atom stereocenters. The van der Waals surface area contributed by atoms with Crippen LogP contribution in [0, 0.1) is 0 Å². The Labute approximate surface area is 116 Å². The highest BCUT2D eigenvalue weighted by Crippen LogP contribution is 2.08. The second-order valence-electron chi connectivity index (χ2n) is 5.70. The molecule has 0 aromatic rings. The molecule has 0 rings (SSSR count). The largest absolute Gasteiger partial charge is 0.481 e. The van der Waals surface area contributed by atoms with Gasteiger partial charge in [-0.2, -0.15) is 0 Å². The summed E-state index contributed by atoms with van der Waals surface area (Å²) in [6.07, 6.45) is 0.0643. The van der Waals surface area contributed by atoms with Crippen molar-refractivity contribution in [1.29, 1.82) is 0 Å². The average molecular weight is 272 g/mol. The summed E-state index contributed by atoms with van der Waals surface area (Å²) in [5.41, 5.74) is 0. The van der Waals surface area contributed by atoms with Crippen LogP contribution in [-0.2, 0) is 9.59 Å². The van der Waals surface area contributed by atoms with Crippen molar-refractivity contribution >= 4 is 11.9 Å². The predicted octanol–water partition coefficient (Wildman–Crippen LogP) is 1.82. The fourth-order valence-corrected chi connectivity index (χ4v) is 2.19. The van der Waals surface area contributed by atoms with E-state index in [1.54, 1.807) is 0 Å². The molecule has 0 atom stereocenters. The summed E-state index contributed by atoms with van der Waals surface area (Å²) in [5, 5.41) is 8.74. The minimum atomic E-state index is -0.831. The molecule has 0 bridgehead atoms. The van der Waals surface area contributed by atoms with Crippen LogP contribution in [0.25, 0.3) is 0 Å². The second-order valence-corrected chi connectivity index (χ2v) is 5.70. The number of carboxylic acid groups (broad SMARTS) is 1. The zero-order chi connectivity index (χ0) is 15.2. The zero-order valence-electron chi connectivity index (χ0n) is 13.0. The quantitative estimate of drug-likeness (QED) is 0.732. The molecule has 0 radical (unpaired) electrons. The summed E-state index contributed by atoms with van der Waals surface area (Å²) >= 11 is 0. The van der Waals surface area contributed by atoms with E-state index in [0.717, 1.165) is 0 Å². The highest BCUT2D eigenvalue weighted by molar-refractivity contribution is 5.79. The fraction of sp³-hybridized carbons (Fsp3) is 0.857. The van der Waals surface area contributed by atoms with Crippen LogP contribution in [-0.4, -0.2) is 58.0 Å². The molecule has 0 heterocycles. The number of carboxylic acids is 1. The van der Waals surface area contributed by atoms with Gasteiger partial charge in [-0.1, -0.05) is 0 Å². The molecule has 112 valence electrons. The first kappa shape index (κ1) is 17.9. The van der Waals surface area contributed by atoms with Crippen LogP contribution in [0.15, 0.2) is 0 Å². The maximum atomic E-state index is 12.3. The molecular formula is C14H28N2O3. The Morgan fingerprint density at radius 1 is 0.947 bits per heavy atom. The number of hydrogen-bond donors (Lipinski definition) is 1. The maximum absolute atomic E-state index is 12.3. The van der Waals surface area contributed by atoms with E-state index in [4.69, 9.17) is 5.11 Å². The van der Waals surface area contributed by atoms with E-state index in [1.807, 2.05) is 51.3 Å². The van der Waals surface area contributed by atoms with Gasteiger partial charge in [0.05, 0.1) is 13.0 Å². The van der Waals surface area contributed by atoms with Crippen LogP contribution in [0.3, 0.4) is 0 Å². The third-order valence-corrected chi connectivity index (χ3v) is 3.08. The first-order chi connectivity index (χ1) is 8.66. The summed E-state index contributed by atoms with van der Waals surface area (Å²) in [6.45, 7) is 12.6. The normalized spacial score (nSPS) is 11.7. The van der Waals surface area contributed by atoms with Crippen LogP contribution in [0.1, 0.15) is 48.0 Å². The molecule has 0 saturated carbocycles. The highest BCUT2D eigenvalue weighted by atomic mass is 16.4. The lowest BCUT2D eigenvalue weighted by atomic mass is 10.2. The van der Waals surface area contributed by atoms with E-state index in [2.05, 4.69) is 0 Å². The molecule has 0 aromatic heterocycles. The van der Waals surface area contributed by atoms with Crippen LogP contribution < -0.4 is 0 Å². The maximum Gasteiger partial charge on any atom is 0.304 e. The zero-order valence-corrected chi connectivity index (χ0v) is 13.0. The van der Waals surface area contributed by atoms with Crippen molar-refractivity contribution in [3.8, 4) is 0 Å². The highest BCUT2D eigenvalue weighted by Gasteiger charge is 2.23. The standard InChI is InChI=1S/C14H28N2O3/c1-10(2)15(8-7-14(18)19)9-13(17)16(11(3)4)12(5)6/h10-12H,7-9H2,1-6H3,(H,18,19). The van der Waals surface area contributed by atoms with Gasteiger partial charge in [-0.15, -0.1) is 0 Å². The smallest absolute Gasteiger partial charge is 0.304 e. The molecule has 0 fully saturated rings. The first-order valence-corrected chi connectivity index (χ1v) is 6.93. The van der Waals surface area contributed by atoms with Gasteiger partial charge in [-0.3, -0.25) is 14.5 Å². The van der Waals surface area contributed by atoms with Crippen molar-refractivity contribution in [2.24, 2.45) is 0 Å². The third kappa shape index (κ3) is 6.57. The van der Waals surface area contributed by atoms with E-state index in [-0.39, 0.29) is 37.0 Å². The Morgan fingerprint density at radius 3 is 1.74 bits per heavy atom. The number of carbonyl (C=O) groups is 2. The lowest BCUT2D eigenvalue weighted by Crippen LogP contribution is -2.48. The van der Waals surface area contributed by atoms with Crippen LogP contribution in [0.5, 0.6) is 0 Å². The van der Waals surface area contributed by atoms with Crippen molar-refractivity contribution < 1.29 is 14.7 Å². The molecule has 0 aliphatic rings. The van der Waals surface area contributed by atoms with E-state index < -0.39 is 5.97 Å². The van der Waals surface area contributed by atoms with Crippen LogP contribution in [0.4, 0.5) is 0 Å². The van der Waals surface area contributed by atoms with Crippen LogP contribution >= 0.6 is 0 Å². The van der Waals surface area contributed by atoms with Crippen LogP contribution in [0.2, 0.25) is 0 Å². The minimum absolute atomic E-state index is 0.0593. The van der Waals surface area contributed by atoms with Crippen molar-refractivity contribution in [2.45, 2.75) is 66.1 Å². The van der Waals surface area contributed by atoms with E-state index in [9.17, 15) is 9.59 Å². The molecule has 0 aliphatic carbocycles. The summed E-state index contributed by atoms with van der Waals surface area (Å²) in [6, 6.07) is 0.464. The minimum Gasteiger partial charge on any atom is -0.481 e. The van der Waals surface area contributed by atoms with E-state index >= 15 is 0 Å². The van der Waals surface area contributed by atoms with Gasteiger partial charge in [0, 0.05) is 24.7 Å². The molecule has 5 heteroatoms. The number of carbonyl (C=O) groups excluding carboxylic acids is 1. The summed E-state index contributed by atoms with van der Waals surface area (Å²) in [5.74, 6) is -0.772.